The van der Waals surface area contributed by atoms with Gasteiger partial charge in [-0.25, -0.2) is 0 Å². The molecule has 2 heterocycles. The molecule has 26 heavy (non-hydrogen) atoms. The molecule has 0 aromatic rings. The molecular weight excluding hydrogens is 318 g/mol. The van der Waals surface area contributed by atoms with Crippen molar-refractivity contribution in [3.8, 4) is 0 Å². The highest BCUT2D eigenvalue weighted by Crippen LogP contribution is 2.33. The number of rotatable bonds is 6. The smallest absolute Gasteiger partial charge is 0.0113 e. The van der Waals surface area contributed by atoms with Gasteiger partial charge in [0.05, 0.1) is 0 Å². The van der Waals surface area contributed by atoms with E-state index in [2.05, 4.69) is 42.4 Å². The van der Waals surface area contributed by atoms with E-state index in [1.165, 1.54) is 90.6 Å². The molecule has 3 fully saturated rings. The molecule has 0 aromatic carbocycles. The van der Waals surface area contributed by atoms with E-state index in [1.54, 1.807) is 0 Å². The van der Waals surface area contributed by atoms with E-state index in [4.69, 9.17) is 0 Å². The van der Waals surface area contributed by atoms with Crippen LogP contribution in [0.2, 0.25) is 0 Å². The summed E-state index contributed by atoms with van der Waals surface area (Å²) in [5.74, 6) is 2.05. The van der Waals surface area contributed by atoms with Gasteiger partial charge in [0.15, 0.2) is 0 Å². The summed E-state index contributed by atoms with van der Waals surface area (Å²) in [6, 6.07) is 2.36. The predicted molar refractivity (Wildman–Crippen MR) is 113 cm³/mol. The molecule has 2 aliphatic heterocycles. The van der Waals surface area contributed by atoms with Crippen LogP contribution in [0.25, 0.3) is 0 Å². The number of hydrogen-bond donors (Lipinski definition) is 0. The van der Waals surface area contributed by atoms with Gasteiger partial charge < -0.3 is 4.90 Å². The van der Waals surface area contributed by atoms with E-state index < -0.39 is 0 Å². The molecule has 0 amide bonds. The van der Waals surface area contributed by atoms with Crippen molar-refractivity contribution in [2.45, 2.75) is 97.2 Å². The van der Waals surface area contributed by atoms with Crippen LogP contribution in [0.5, 0.6) is 0 Å². The second kappa shape index (κ2) is 9.89. The van der Waals surface area contributed by atoms with Gasteiger partial charge in [-0.2, -0.15) is 0 Å². The Morgan fingerprint density at radius 2 is 1.04 bits per heavy atom. The first-order chi connectivity index (χ1) is 12.5. The van der Waals surface area contributed by atoms with Crippen LogP contribution < -0.4 is 0 Å². The average Bonchev–Trinajstić information content (AvgIpc) is 2.67. The van der Waals surface area contributed by atoms with E-state index in [0.29, 0.717) is 0 Å². The fourth-order valence-electron chi connectivity index (χ4n) is 5.65. The van der Waals surface area contributed by atoms with Crippen LogP contribution in [0.15, 0.2) is 0 Å². The third-order valence-electron chi connectivity index (χ3n) is 7.77. The largest absolute Gasteiger partial charge is 0.301 e. The minimum absolute atomic E-state index is 0.722. The van der Waals surface area contributed by atoms with Gasteiger partial charge in [-0.1, -0.05) is 12.8 Å². The van der Waals surface area contributed by atoms with Crippen LogP contribution in [0.4, 0.5) is 0 Å². The van der Waals surface area contributed by atoms with Gasteiger partial charge >= 0.3 is 0 Å². The number of nitrogens with zero attached hydrogens (tertiary/aromatic N) is 3. The van der Waals surface area contributed by atoms with E-state index in [9.17, 15) is 0 Å². The topological polar surface area (TPSA) is 9.72 Å². The standard InChI is InChI=1S/C23H45N3/c1-19(2)24-13-11-22(12-14-24)6-5-21-7-9-23(10-8-21)26-17-15-25(16-18-26)20(3)4/h19-23H,5-18H2,1-4H3. The Morgan fingerprint density at radius 3 is 1.54 bits per heavy atom. The molecule has 0 unspecified atom stereocenters. The fourth-order valence-corrected chi connectivity index (χ4v) is 5.65. The lowest BCUT2D eigenvalue weighted by atomic mass is 9.80. The number of likely N-dealkylation sites (tertiary alicyclic amines) is 1. The molecule has 3 nitrogen and oxygen atoms in total. The van der Waals surface area contributed by atoms with Crippen LogP contribution in [-0.2, 0) is 0 Å². The first-order valence-corrected chi connectivity index (χ1v) is 11.7. The summed E-state index contributed by atoms with van der Waals surface area (Å²) in [5.41, 5.74) is 0. The minimum atomic E-state index is 0.722. The molecule has 3 rings (SSSR count). The summed E-state index contributed by atoms with van der Waals surface area (Å²) in [7, 11) is 0. The minimum Gasteiger partial charge on any atom is -0.301 e. The molecular formula is C23H45N3. The van der Waals surface area contributed by atoms with Crippen molar-refractivity contribution in [2.75, 3.05) is 39.3 Å². The van der Waals surface area contributed by atoms with Crippen LogP contribution in [0, 0.1) is 11.8 Å². The highest BCUT2D eigenvalue weighted by Gasteiger charge is 2.29. The molecule has 3 heteroatoms. The highest BCUT2D eigenvalue weighted by molar-refractivity contribution is 4.84. The van der Waals surface area contributed by atoms with Crippen LogP contribution in [-0.4, -0.2) is 72.1 Å². The lowest BCUT2D eigenvalue weighted by Crippen LogP contribution is -2.52. The Balaban J connectivity index is 1.30. The predicted octanol–water partition coefficient (Wildman–Crippen LogP) is 4.47. The maximum atomic E-state index is 2.82. The van der Waals surface area contributed by atoms with Crippen molar-refractivity contribution in [1.82, 2.24) is 14.7 Å². The second-order valence-electron chi connectivity index (χ2n) is 9.99. The maximum absolute atomic E-state index is 2.82. The molecule has 2 saturated heterocycles. The quantitative estimate of drug-likeness (QED) is 0.689. The molecule has 0 radical (unpaired) electrons. The summed E-state index contributed by atoms with van der Waals surface area (Å²) < 4.78 is 0. The van der Waals surface area contributed by atoms with Crippen molar-refractivity contribution in [2.24, 2.45) is 11.8 Å². The molecule has 1 saturated carbocycles. The lowest BCUT2D eigenvalue weighted by molar-refractivity contribution is 0.0557. The zero-order chi connectivity index (χ0) is 18.5. The second-order valence-corrected chi connectivity index (χ2v) is 9.99. The molecule has 0 bridgehead atoms. The van der Waals surface area contributed by atoms with E-state index in [0.717, 1.165) is 30.0 Å². The summed E-state index contributed by atoms with van der Waals surface area (Å²) >= 11 is 0. The first-order valence-electron chi connectivity index (χ1n) is 11.7. The van der Waals surface area contributed by atoms with Crippen molar-refractivity contribution in [1.29, 1.82) is 0 Å². The van der Waals surface area contributed by atoms with Gasteiger partial charge in [0.25, 0.3) is 0 Å². The highest BCUT2D eigenvalue weighted by atomic mass is 15.3. The Bertz CT molecular complexity index is 384. The normalized spacial score (nSPS) is 31.2. The lowest BCUT2D eigenvalue weighted by Gasteiger charge is -2.43. The van der Waals surface area contributed by atoms with Crippen LogP contribution >= 0.6 is 0 Å². The fraction of sp³-hybridized carbons (Fsp3) is 1.00. The SMILES string of the molecule is CC(C)N1CCC(CCC2CCC(N3CCN(C(C)C)CC3)CC2)CC1. The van der Waals surface area contributed by atoms with Crippen molar-refractivity contribution >= 4 is 0 Å². The number of piperidine rings is 1. The third-order valence-corrected chi connectivity index (χ3v) is 7.77. The average molecular weight is 364 g/mol. The summed E-state index contributed by atoms with van der Waals surface area (Å²) in [5, 5.41) is 0. The van der Waals surface area contributed by atoms with Gasteiger partial charge in [-0.3, -0.25) is 9.80 Å². The summed E-state index contributed by atoms with van der Waals surface area (Å²) in [6.45, 7) is 17.3. The third kappa shape index (κ3) is 5.69. The molecule has 1 aliphatic carbocycles. The molecule has 152 valence electrons. The van der Waals surface area contributed by atoms with Crippen LogP contribution in [0.3, 0.4) is 0 Å². The van der Waals surface area contributed by atoms with Gasteiger partial charge in [0.2, 0.25) is 0 Å². The Kier molecular flexibility index (Phi) is 7.84. The van der Waals surface area contributed by atoms with E-state index >= 15 is 0 Å². The summed E-state index contributed by atoms with van der Waals surface area (Å²) in [4.78, 5) is 8.13. The summed E-state index contributed by atoms with van der Waals surface area (Å²) in [6.07, 6.45) is 11.9. The van der Waals surface area contributed by atoms with Gasteiger partial charge in [-0.15, -0.1) is 0 Å². The molecule has 3 aliphatic rings. The van der Waals surface area contributed by atoms with Crippen molar-refractivity contribution in [3.63, 3.8) is 0 Å². The number of piperazine rings is 1. The molecule has 0 aromatic heterocycles. The molecule has 0 atom stereocenters. The van der Waals surface area contributed by atoms with Gasteiger partial charge in [0.1, 0.15) is 0 Å². The van der Waals surface area contributed by atoms with Gasteiger partial charge in [-0.05, 0) is 91.1 Å². The first kappa shape index (κ1) is 20.6. The van der Waals surface area contributed by atoms with E-state index in [-0.39, 0.29) is 0 Å². The van der Waals surface area contributed by atoms with E-state index in [1.807, 2.05) is 0 Å². The van der Waals surface area contributed by atoms with Crippen LogP contribution in [0.1, 0.15) is 79.1 Å². The van der Waals surface area contributed by atoms with Crippen molar-refractivity contribution < 1.29 is 0 Å². The zero-order valence-electron chi connectivity index (χ0n) is 18.1. The zero-order valence-corrected chi connectivity index (χ0v) is 18.1. The maximum Gasteiger partial charge on any atom is 0.0113 e. The monoisotopic (exact) mass is 363 g/mol. The Labute approximate surface area is 163 Å². The van der Waals surface area contributed by atoms with Crippen molar-refractivity contribution in [3.05, 3.63) is 0 Å². The number of hydrogen-bond acceptors (Lipinski definition) is 3. The molecule has 0 N–H and O–H groups in total. The Morgan fingerprint density at radius 1 is 0.577 bits per heavy atom. The molecule has 0 spiro atoms. The van der Waals surface area contributed by atoms with Gasteiger partial charge in [0, 0.05) is 44.3 Å². The Hall–Kier alpha value is -0.120.